The van der Waals surface area contributed by atoms with E-state index in [0.29, 0.717) is 52.1 Å². The van der Waals surface area contributed by atoms with Gasteiger partial charge in [0.2, 0.25) is 0 Å². The van der Waals surface area contributed by atoms with Crippen molar-refractivity contribution in [3.63, 3.8) is 0 Å². The van der Waals surface area contributed by atoms with Crippen LogP contribution >= 0.6 is 0 Å². The van der Waals surface area contributed by atoms with E-state index in [2.05, 4.69) is 0 Å². The Hall–Kier alpha value is -1.22. The lowest BCUT2D eigenvalue weighted by molar-refractivity contribution is -0.191. The number of carbonyl (C=O) groups excluding carboxylic acids is 2. The standard InChI is InChI=1S/C20H28O8/c21-17(27-11-15-9-25-15)19(5-13-7-23-13)3-1-2-4-20(19,6-14-8-24-14)18(22)28-12-16-10-26-16/h13-16H,1-12H2. The molecule has 0 aromatic heterocycles. The third kappa shape index (κ3) is 3.79. The summed E-state index contributed by atoms with van der Waals surface area (Å²) < 4.78 is 32.7. The highest BCUT2D eigenvalue weighted by atomic mass is 16.6. The van der Waals surface area contributed by atoms with Crippen LogP contribution in [0.3, 0.4) is 0 Å². The van der Waals surface area contributed by atoms with Gasteiger partial charge in [-0.3, -0.25) is 9.59 Å². The molecule has 1 aliphatic carbocycles. The number of esters is 2. The predicted octanol–water partition coefficient (Wildman–Crippen LogP) is 0.995. The number of hydrogen-bond donors (Lipinski definition) is 0. The van der Waals surface area contributed by atoms with E-state index in [9.17, 15) is 9.59 Å². The van der Waals surface area contributed by atoms with Crippen LogP contribution < -0.4 is 0 Å². The minimum atomic E-state index is -0.936. The number of rotatable bonds is 10. The van der Waals surface area contributed by atoms with Crippen LogP contribution in [0.15, 0.2) is 0 Å². The van der Waals surface area contributed by atoms with Crippen molar-refractivity contribution in [3.8, 4) is 0 Å². The molecule has 6 atom stereocenters. The molecule has 0 spiro atoms. The Morgan fingerprint density at radius 3 is 1.36 bits per heavy atom. The molecule has 4 heterocycles. The van der Waals surface area contributed by atoms with Crippen molar-refractivity contribution in [2.45, 2.75) is 62.9 Å². The second kappa shape index (κ2) is 7.23. The summed E-state index contributed by atoms with van der Waals surface area (Å²) in [5, 5.41) is 0. The second-order valence-electron chi connectivity index (χ2n) is 8.80. The van der Waals surface area contributed by atoms with E-state index in [1.54, 1.807) is 0 Å². The predicted molar refractivity (Wildman–Crippen MR) is 93.4 cm³/mol. The summed E-state index contributed by atoms with van der Waals surface area (Å²) in [6.07, 6.45) is 3.96. The largest absolute Gasteiger partial charge is 0.462 e. The zero-order valence-electron chi connectivity index (χ0n) is 16.1. The second-order valence-corrected chi connectivity index (χ2v) is 8.80. The smallest absolute Gasteiger partial charge is 0.313 e. The molecule has 1 saturated carbocycles. The molecule has 8 heteroatoms. The third-order valence-electron chi connectivity index (χ3n) is 6.72. The van der Waals surface area contributed by atoms with E-state index in [4.69, 9.17) is 28.4 Å². The van der Waals surface area contributed by atoms with Gasteiger partial charge in [0.05, 0.1) is 49.5 Å². The molecular weight excluding hydrogens is 368 g/mol. The van der Waals surface area contributed by atoms with Crippen molar-refractivity contribution in [1.82, 2.24) is 0 Å². The van der Waals surface area contributed by atoms with Gasteiger partial charge in [-0.2, -0.15) is 0 Å². The van der Waals surface area contributed by atoms with Crippen LogP contribution in [0.1, 0.15) is 38.5 Å². The van der Waals surface area contributed by atoms with Crippen molar-refractivity contribution in [2.24, 2.45) is 10.8 Å². The molecule has 5 fully saturated rings. The van der Waals surface area contributed by atoms with Gasteiger partial charge in [0, 0.05) is 0 Å². The minimum Gasteiger partial charge on any atom is -0.462 e. The van der Waals surface area contributed by atoms with E-state index < -0.39 is 10.8 Å². The van der Waals surface area contributed by atoms with Gasteiger partial charge in [-0.25, -0.2) is 0 Å². The van der Waals surface area contributed by atoms with Crippen molar-refractivity contribution < 1.29 is 38.0 Å². The first-order chi connectivity index (χ1) is 13.6. The van der Waals surface area contributed by atoms with E-state index >= 15 is 0 Å². The lowest BCUT2D eigenvalue weighted by atomic mass is 9.52. The van der Waals surface area contributed by atoms with Gasteiger partial charge < -0.3 is 28.4 Å². The molecule has 4 aliphatic heterocycles. The van der Waals surface area contributed by atoms with E-state index in [1.165, 1.54) is 0 Å². The minimum absolute atomic E-state index is 0.00175. The molecule has 0 radical (unpaired) electrons. The Balaban J connectivity index is 1.44. The Morgan fingerprint density at radius 2 is 1.04 bits per heavy atom. The highest BCUT2D eigenvalue weighted by Gasteiger charge is 2.66. The first-order valence-electron chi connectivity index (χ1n) is 10.4. The highest BCUT2D eigenvalue weighted by molar-refractivity contribution is 5.89. The summed E-state index contributed by atoms with van der Waals surface area (Å²) in [5.74, 6) is -0.614. The molecule has 0 aromatic carbocycles. The average Bonchev–Trinajstić information content (AvgIpc) is 3.55. The Kier molecular flexibility index (Phi) is 4.85. The summed E-state index contributed by atoms with van der Waals surface area (Å²) in [7, 11) is 0. The number of hydrogen-bond acceptors (Lipinski definition) is 8. The van der Waals surface area contributed by atoms with Gasteiger partial charge in [-0.1, -0.05) is 12.8 Å². The van der Waals surface area contributed by atoms with Gasteiger partial charge in [-0.05, 0) is 25.7 Å². The number of epoxide rings is 4. The van der Waals surface area contributed by atoms with Crippen LogP contribution in [0.4, 0.5) is 0 Å². The first kappa shape index (κ1) is 18.8. The molecule has 0 bridgehead atoms. The van der Waals surface area contributed by atoms with Crippen LogP contribution in [0.5, 0.6) is 0 Å². The molecule has 28 heavy (non-hydrogen) atoms. The number of carbonyl (C=O) groups is 2. The fraction of sp³-hybridized carbons (Fsp3) is 0.900. The molecule has 8 nitrogen and oxygen atoms in total. The third-order valence-corrected chi connectivity index (χ3v) is 6.72. The SMILES string of the molecule is O=C(OCC1CO1)C1(CC2CO2)CCCCC1(CC1CO1)C(=O)OCC1CO1. The van der Waals surface area contributed by atoms with Crippen LogP contribution in [-0.2, 0) is 38.0 Å². The van der Waals surface area contributed by atoms with Gasteiger partial charge >= 0.3 is 11.9 Å². The summed E-state index contributed by atoms with van der Waals surface area (Å²) >= 11 is 0. The fourth-order valence-electron chi connectivity index (χ4n) is 4.78. The first-order valence-corrected chi connectivity index (χ1v) is 10.4. The van der Waals surface area contributed by atoms with Crippen LogP contribution in [0.25, 0.3) is 0 Å². The zero-order valence-corrected chi connectivity index (χ0v) is 16.1. The van der Waals surface area contributed by atoms with Crippen LogP contribution in [0, 0.1) is 10.8 Å². The van der Waals surface area contributed by atoms with E-state index in [1.807, 2.05) is 0 Å². The summed E-state index contributed by atoms with van der Waals surface area (Å²) in [4.78, 5) is 27.0. The molecular formula is C20H28O8. The highest BCUT2D eigenvalue weighted by Crippen LogP contribution is 2.59. The summed E-state index contributed by atoms with van der Waals surface area (Å²) in [5.41, 5.74) is -1.87. The molecule has 4 saturated heterocycles. The normalized spacial score (nSPS) is 43.1. The molecule has 0 N–H and O–H groups in total. The molecule has 156 valence electrons. The lowest BCUT2D eigenvalue weighted by Crippen LogP contribution is -2.57. The van der Waals surface area contributed by atoms with Gasteiger partial charge in [0.1, 0.15) is 25.4 Å². The Bertz CT molecular complexity index is 568. The Morgan fingerprint density at radius 1 is 0.679 bits per heavy atom. The maximum absolute atomic E-state index is 13.5. The zero-order chi connectivity index (χ0) is 19.2. The summed E-state index contributed by atoms with van der Waals surface area (Å²) in [6.45, 7) is 2.98. The van der Waals surface area contributed by atoms with Gasteiger partial charge in [0.25, 0.3) is 0 Å². The van der Waals surface area contributed by atoms with Crippen molar-refractivity contribution >= 4 is 11.9 Å². The molecule has 0 aromatic rings. The maximum atomic E-state index is 13.5. The van der Waals surface area contributed by atoms with Gasteiger partial charge in [-0.15, -0.1) is 0 Å². The monoisotopic (exact) mass is 396 g/mol. The van der Waals surface area contributed by atoms with Crippen LogP contribution in [-0.4, -0.2) is 76.0 Å². The summed E-state index contributed by atoms with van der Waals surface area (Å²) in [6, 6.07) is 0. The van der Waals surface area contributed by atoms with Crippen molar-refractivity contribution in [3.05, 3.63) is 0 Å². The topological polar surface area (TPSA) is 103 Å². The lowest BCUT2D eigenvalue weighted by Gasteiger charge is -2.50. The quantitative estimate of drug-likeness (QED) is 0.398. The molecule has 5 rings (SSSR count). The van der Waals surface area contributed by atoms with Crippen molar-refractivity contribution in [1.29, 1.82) is 0 Å². The Labute approximate surface area is 164 Å². The average molecular weight is 396 g/mol. The van der Waals surface area contributed by atoms with Crippen LogP contribution in [0.2, 0.25) is 0 Å². The van der Waals surface area contributed by atoms with Crippen molar-refractivity contribution in [2.75, 3.05) is 39.6 Å². The number of ether oxygens (including phenoxy) is 6. The van der Waals surface area contributed by atoms with E-state index in [-0.39, 0.29) is 49.6 Å². The fourth-order valence-corrected chi connectivity index (χ4v) is 4.78. The molecule has 5 aliphatic rings. The molecule has 6 unspecified atom stereocenters. The van der Waals surface area contributed by atoms with E-state index in [0.717, 1.165) is 12.8 Å². The molecule has 0 amide bonds. The van der Waals surface area contributed by atoms with Gasteiger partial charge in [0.15, 0.2) is 0 Å². The maximum Gasteiger partial charge on any atom is 0.313 e.